The number of ether oxygens (including phenoxy) is 1. The normalized spacial score (nSPS) is 15.8. The maximum atomic E-state index is 11.0. The van der Waals surface area contributed by atoms with E-state index in [9.17, 15) is 15.2 Å². The summed E-state index contributed by atoms with van der Waals surface area (Å²) in [7, 11) is 0. The molecule has 2 rings (SSSR count). The number of nitro benzene ring substituents is 1. The zero-order valence-corrected chi connectivity index (χ0v) is 14.5. The molecule has 1 aromatic carbocycles. The number of anilines is 1. The van der Waals surface area contributed by atoms with Gasteiger partial charge in [0.2, 0.25) is 0 Å². The van der Waals surface area contributed by atoms with E-state index >= 15 is 0 Å². The van der Waals surface area contributed by atoms with Crippen molar-refractivity contribution in [2.45, 2.75) is 32.8 Å². The Hall–Kier alpha value is -1.86. The number of nitrogens with zero attached hydrogens (tertiary/aromatic N) is 2. The van der Waals surface area contributed by atoms with Crippen LogP contribution in [0.1, 0.15) is 26.7 Å². The number of quaternary nitrogens is 1. The van der Waals surface area contributed by atoms with Crippen molar-refractivity contribution >= 4 is 11.4 Å². The molecule has 24 heavy (non-hydrogen) atoms. The summed E-state index contributed by atoms with van der Waals surface area (Å²) in [5.74, 6) is 0.486. The Labute approximate surface area is 143 Å². The smallest absolute Gasteiger partial charge is 0.273 e. The molecule has 0 unspecified atom stereocenters. The van der Waals surface area contributed by atoms with Crippen molar-refractivity contribution in [3.63, 3.8) is 0 Å². The second-order valence-electron chi connectivity index (χ2n) is 6.23. The minimum atomic E-state index is -0.592. The molecule has 2 N–H and O–H groups in total. The van der Waals surface area contributed by atoms with Crippen LogP contribution in [0.4, 0.5) is 11.4 Å². The van der Waals surface area contributed by atoms with Gasteiger partial charge in [-0.15, -0.1) is 0 Å². The molecule has 1 fully saturated rings. The van der Waals surface area contributed by atoms with Crippen LogP contribution < -0.4 is 14.5 Å². The van der Waals surface area contributed by atoms with Gasteiger partial charge < -0.3 is 19.6 Å². The fourth-order valence-electron chi connectivity index (χ4n) is 3.07. The standard InChI is InChI=1S/C17H27N3O4/c1-3-18(4-2)12-15(21)13-24-17-11-14(20(22)23)7-8-16(17)19-9-5-6-10-19/h7-8,11,15,21H,3-6,9-10,12-13H2,1-2H3/p+1/t15-/m0/s1. The summed E-state index contributed by atoms with van der Waals surface area (Å²) >= 11 is 0. The Bertz CT molecular complexity index is 543. The molecule has 0 spiro atoms. The topological polar surface area (TPSA) is 80.3 Å². The molecule has 0 aliphatic carbocycles. The number of rotatable bonds is 9. The van der Waals surface area contributed by atoms with Gasteiger partial charge in [-0.05, 0) is 32.8 Å². The Balaban J connectivity index is 2.08. The highest BCUT2D eigenvalue weighted by Crippen LogP contribution is 2.34. The number of non-ortho nitro benzene ring substituents is 1. The summed E-state index contributed by atoms with van der Waals surface area (Å²) in [5.41, 5.74) is 0.886. The molecule has 134 valence electrons. The molecule has 0 aromatic heterocycles. The maximum Gasteiger partial charge on any atom is 0.273 e. The quantitative estimate of drug-likeness (QED) is 0.516. The molecule has 0 bridgehead atoms. The second-order valence-corrected chi connectivity index (χ2v) is 6.23. The number of likely N-dealkylation sites (N-methyl/N-ethyl adjacent to an activating group) is 1. The second kappa shape index (κ2) is 8.84. The van der Waals surface area contributed by atoms with Gasteiger partial charge in [0.05, 0.1) is 29.8 Å². The predicted octanol–water partition coefficient (Wildman–Crippen LogP) is 0.859. The van der Waals surface area contributed by atoms with E-state index in [1.54, 1.807) is 6.07 Å². The first-order chi connectivity index (χ1) is 11.5. The first kappa shape index (κ1) is 18.5. The van der Waals surface area contributed by atoms with Gasteiger partial charge in [-0.2, -0.15) is 0 Å². The average Bonchev–Trinajstić information content (AvgIpc) is 3.11. The molecule has 0 saturated carbocycles. The summed E-state index contributed by atoms with van der Waals surface area (Å²) in [4.78, 5) is 14.1. The average molecular weight is 338 g/mol. The largest absolute Gasteiger partial charge is 0.488 e. The van der Waals surface area contributed by atoms with Crippen molar-refractivity contribution in [3.8, 4) is 5.75 Å². The van der Waals surface area contributed by atoms with E-state index in [-0.39, 0.29) is 12.3 Å². The van der Waals surface area contributed by atoms with Crippen molar-refractivity contribution in [2.24, 2.45) is 0 Å². The van der Waals surface area contributed by atoms with E-state index < -0.39 is 11.0 Å². The fourth-order valence-corrected chi connectivity index (χ4v) is 3.07. The molecule has 7 heteroatoms. The van der Waals surface area contributed by atoms with Crippen LogP contribution in [-0.2, 0) is 0 Å². The Morgan fingerprint density at radius 1 is 1.33 bits per heavy atom. The van der Waals surface area contributed by atoms with Crippen LogP contribution in [0.15, 0.2) is 18.2 Å². The van der Waals surface area contributed by atoms with Crippen LogP contribution in [0.5, 0.6) is 5.75 Å². The lowest BCUT2D eigenvalue weighted by Gasteiger charge is -2.23. The summed E-state index contributed by atoms with van der Waals surface area (Å²) in [6.07, 6.45) is 1.64. The SMILES string of the molecule is CC[NH+](CC)C[C@H](O)COc1cc([N+](=O)[O-])ccc1N1CCCC1. The van der Waals surface area contributed by atoms with Gasteiger partial charge >= 0.3 is 0 Å². The molecule has 1 aliphatic heterocycles. The van der Waals surface area contributed by atoms with E-state index in [2.05, 4.69) is 18.7 Å². The maximum absolute atomic E-state index is 11.0. The number of benzene rings is 1. The van der Waals surface area contributed by atoms with Crippen molar-refractivity contribution in [2.75, 3.05) is 44.2 Å². The van der Waals surface area contributed by atoms with Crippen molar-refractivity contribution < 1.29 is 19.7 Å². The zero-order chi connectivity index (χ0) is 17.5. The van der Waals surface area contributed by atoms with E-state index in [0.29, 0.717) is 12.3 Å². The summed E-state index contributed by atoms with van der Waals surface area (Å²) < 4.78 is 5.78. The van der Waals surface area contributed by atoms with Crippen LogP contribution in [0, 0.1) is 10.1 Å². The van der Waals surface area contributed by atoms with Gasteiger partial charge in [0.25, 0.3) is 5.69 Å². The lowest BCUT2D eigenvalue weighted by molar-refractivity contribution is -0.899. The van der Waals surface area contributed by atoms with E-state index in [1.807, 2.05) is 0 Å². The minimum absolute atomic E-state index is 0.0109. The summed E-state index contributed by atoms with van der Waals surface area (Å²) in [6.45, 7) is 8.68. The van der Waals surface area contributed by atoms with Crippen molar-refractivity contribution in [3.05, 3.63) is 28.3 Å². The van der Waals surface area contributed by atoms with Gasteiger partial charge in [0.15, 0.2) is 0 Å². The van der Waals surface area contributed by atoms with E-state index in [4.69, 9.17) is 4.74 Å². The summed E-state index contributed by atoms with van der Waals surface area (Å²) in [6, 6.07) is 4.72. The van der Waals surface area contributed by atoms with Crippen LogP contribution in [0.25, 0.3) is 0 Å². The van der Waals surface area contributed by atoms with Crippen LogP contribution in [0.3, 0.4) is 0 Å². The molecule has 1 atom stereocenters. The number of hydrogen-bond acceptors (Lipinski definition) is 5. The highest BCUT2D eigenvalue weighted by Gasteiger charge is 2.21. The van der Waals surface area contributed by atoms with Crippen molar-refractivity contribution in [1.29, 1.82) is 0 Å². The van der Waals surface area contributed by atoms with Gasteiger partial charge in [-0.3, -0.25) is 10.1 Å². The molecule has 1 saturated heterocycles. The van der Waals surface area contributed by atoms with Crippen LogP contribution >= 0.6 is 0 Å². The highest BCUT2D eigenvalue weighted by molar-refractivity contribution is 5.62. The minimum Gasteiger partial charge on any atom is -0.488 e. The lowest BCUT2D eigenvalue weighted by Crippen LogP contribution is -3.12. The van der Waals surface area contributed by atoms with Gasteiger partial charge in [-0.25, -0.2) is 0 Å². The molecule has 1 heterocycles. The Morgan fingerprint density at radius 3 is 2.58 bits per heavy atom. The number of aliphatic hydroxyl groups excluding tert-OH is 1. The van der Waals surface area contributed by atoms with Crippen LogP contribution in [-0.4, -0.2) is 55.5 Å². The third-order valence-electron chi connectivity index (χ3n) is 4.56. The van der Waals surface area contributed by atoms with E-state index in [0.717, 1.165) is 44.7 Å². The summed E-state index contributed by atoms with van der Waals surface area (Å²) in [5, 5.41) is 21.2. The zero-order valence-electron chi connectivity index (χ0n) is 14.5. The van der Waals surface area contributed by atoms with Gasteiger partial charge in [0, 0.05) is 19.2 Å². The molecule has 1 aliphatic rings. The molecular formula is C17H28N3O4+. The third kappa shape index (κ3) is 4.82. The Kier molecular flexibility index (Phi) is 6.81. The lowest BCUT2D eigenvalue weighted by atomic mass is 10.2. The molecule has 7 nitrogen and oxygen atoms in total. The van der Waals surface area contributed by atoms with Gasteiger partial charge in [0.1, 0.15) is 25.0 Å². The first-order valence-electron chi connectivity index (χ1n) is 8.73. The monoisotopic (exact) mass is 338 g/mol. The number of aliphatic hydroxyl groups is 1. The molecule has 0 amide bonds. The number of nitrogens with one attached hydrogen (secondary N) is 1. The fraction of sp³-hybridized carbons (Fsp3) is 0.647. The Morgan fingerprint density at radius 2 is 2.00 bits per heavy atom. The van der Waals surface area contributed by atoms with Crippen LogP contribution in [0.2, 0.25) is 0 Å². The first-order valence-corrected chi connectivity index (χ1v) is 8.73. The number of nitro groups is 1. The third-order valence-corrected chi connectivity index (χ3v) is 4.56. The van der Waals surface area contributed by atoms with Gasteiger partial charge in [-0.1, -0.05) is 0 Å². The highest BCUT2D eigenvalue weighted by atomic mass is 16.6. The molecule has 0 radical (unpaired) electrons. The van der Waals surface area contributed by atoms with Crippen molar-refractivity contribution in [1.82, 2.24) is 0 Å². The number of hydrogen-bond donors (Lipinski definition) is 2. The predicted molar refractivity (Wildman–Crippen MR) is 93.0 cm³/mol. The molecular weight excluding hydrogens is 310 g/mol. The molecule has 1 aromatic rings. The van der Waals surface area contributed by atoms with E-state index in [1.165, 1.54) is 17.0 Å².